The summed E-state index contributed by atoms with van der Waals surface area (Å²) < 4.78 is 5.00. The van der Waals surface area contributed by atoms with E-state index in [0.29, 0.717) is 17.9 Å². The van der Waals surface area contributed by atoms with Crippen molar-refractivity contribution in [3.63, 3.8) is 0 Å². The molecular formula is C10H11NO2S. The molecule has 1 heterocycles. The molecule has 0 amide bonds. The van der Waals surface area contributed by atoms with Crippen LogP contribution in [0.15, 0.2) is 17.5 Å². The minimum absolute atomic E-state index is 0.267. The molecule has 4 heteroatoms. The van der Waals surface area contributed by atoms with Crippen LogP contribution in [-0.2, 0) is 4.74 Å². The standard InChI is InChI=1S/C10H11NO2S/c11-6-2-1-3-7-13-10(12)9-5-4-8-14-9/h4-5,8H,1-3,7H2. The molecule has 74 valence electrons. The monoisotopic (exact) mass is 209 g/mol. The summed E-state index contributed by atoms with van der Waals surface area (Å²) in [6.45, 7) is 0.401. The van der Waals surface area contributed by atoms with Gasteiger partial charge in [-0.1, -0.05) is 6.07 Å². The molecule has 0 aliphatic heterocycles. The van der Waals surface area contributed by atoms with Crippen LogP contribution in [0.2, 0.25) is 0 Å². The van der Waals surface area contributed by atoms with Gasteiger partial charge in [0.15, 0.2) is 0 Å². The Bertz CT molecular complexity index is 313. The van der Waals surface area contributed by atoms with Gasteiger partial charge in [0, 0.05) is 6.42 Å². The Morgan fingerprint density at radius 3 is 3.07 bits per heavy atom. The lowest BCUT2D eigenvalue weighted by Crippen LogP contribution is -2.04. The normalized spacial score (nSPS) is 9.36. The van der Waals surface area contributed by atoms with Gasteiger partial charge in [-0.3, -0.25) is 0 Å². The highest BCUT2D eigenvalue weighted by Gasteiger charge is 2.06. The zero-order chi connectivity index (χ0) is 10.2. The average molecular weight is 209 g/mol. The van der Waals surface area contributed by atoms with Crippen LogP contribution in [0.1, 0.15) is 28.9 Å². The van der Waals surface area contributed by atoms with Crippen molar-refractivity contribution in [1.82, 2.24) is 0 Å². The number of nitriles is 1. The number of rotatable bonds is 5. The minimum Gasteiger partial charge on any atom is -0.462 e. The Labute approximate surface area is 86.9 Å². The van der Waals surface area contributed by atoms with Crippen molar-refractivity contribution in [1.29, 1.82) is 5.26 Å². The number of carbonyl (C=O) groups is 1. The lowest BCUT2D eigenvalue weighted by atomic mass is 10.3. The predicted octanol–water partition coefficient (Wildman–Crippen LogP) is 2.60. The second-order valence-electron chi connectivity index (χ2n) is 2.73. The van der Waals surface area contributed by atoms with E-state index < -0.39 is 0 Å². The molecule has 3 nitrogen and oxygen atoms in total. The summed E-state index contributed by atoms with van der Waals surface area (Å²) in [5.41, 5.74) is 0. The van der Waals surface area contributed by atoms with Gasteiger partial charge in [0.1, 0.15) is 4.88 Å². The number of nitrogens with zero attached hydrogens (tertiary/aromatic N) is 1. The number of ether oxygens (including phenoxy) is 1. The second-order valence-corrected chi connectivity index (χ2v) is 3.68. The van der Waals surface area contributed by atoms with Gasteiger partial charge in [-0.25, -0.2) is 4.79 Å². The Hall–Kier alpha value is -1.34. The maximum atomic E-state index is 11.3. The maximum Gasteiger partial charge on any atom is 0.348 e. The zero-order valence-electron chi connectivity index (χ0n) is 7.73. The lowest BCUT2D eigenvalue weighted by Gasteiger charge is -2.00. The number of hydrogen-bond acceptors (Lipinski definition) is 4. The quantitative estimate of drug-likeness (QED) is 0.553. The summed E-state index contributed by atoms with van der Waals surface area (Å²) in [7, 11) is 0. The number of carbonyl (C=O) groups excluding carboxylic acids is 1. The van der Waals surface area contributed by atoms with Crippen molar-refractivity contribution in [3.8, 4) is 6.07 Å². The van der Waals surface area contributed by atoms with Crippen molar-refractivity contribution in [2.75, 3.05) is 6.61 Å². The number of thiophene rings is 1. The van der Waals surface area contributed by atoms with E-state index >= 15 is 0 Å². The molecule has 14 heavy (non-hydrogen) atoms. The first-order chi connectivity index (χ1) is 6.84. The van der Waals surface area contributed by atoms with Crippen LogP contribution in [0.4, 0.5) is 0 Å². The van der Waals surface area contributed by atoms with Crippen LogP contribution >= 0.6 is 11.3 Å². The Balaban J connectivity index is 2.14. The fourth-order valence-electron chi connectivity index (χ4n) is 0.937. The first-order valence-corrected chi connectivity index (χ1v) is 5.30. The van der Waals surface area contributed by atoms with Crippen LogP contribution < -0.4 is 0 Å². The molecule has 0 saturated carbocycles. The molecule has 1 rings (SSSR count). The summed E-state index contributed by atoms with van der Waals surface area (Å²) in [5, 5.41) is 10.1. The largest absolute Gasteiger partial charge is 0.462 e. The highest BCUT2D eigenvalue weighted by atomic mass is 32.1. The lowest BCUT2D eigenvalue weighted by molar-refractivity contribution is 0.0504. The predicted molar refractivity (Wildman–Crippen MR) is 54.1 cm³/mol. The molecule has 0 unspecified atom stereocenters. The van der Waals surface area contributed by atoms with Crippen molar-refractivity contribution in [2.45, 2.75) is 19.3 Å². The van der Waals surface area contributed by atoms with E-state index in [0.717, 1.165) is 12.8 Å². The molecule has 0 aromatic carbocycles. The summed E-state index contributed by atoms with van der Waals surface area (Å²) in [6, 6.07) is 5.60. The van der Waals surface area contributed by atoms with E-state index in [-0.39, 0.29) is 5.97 Å². The molecule has 0 aliphatic rings. The summed E-state index contributed by atoms with van der Waals surface area (Å²) in [5.74, 6) is -0.267. The van der Waals surface area contributed by atoms with Crippen LogP contribution in [0.3, 0.4) is 0 Å². The van der Waals surface area contributed by atoms with Crippen LogP contribution in [0.5, 0.6) is 0 Å². The molecule has 0 fully saturated rings. The van der Waals surface area contributed by atoms with Crippen molar-refractivity contribution >= 4 is 17.3 Å². The van der Waals surface area contributed by atoms with E-state index in [1.807, 2.05) is 17.5 Å². The minimum atomic E-state index is -0.267. The van der Waals surface area contributed by atoms with Crippen molar-refractivity contribution < 1.29 is 9.53 Å². The number of esters is 1. The van der Waals surface area contributed by atoms with Gasteiger partial charge in [-0.05, 0) is 24.3 Å². The smallest absolute Gasteiger partial charge is 0.348 e. The molecule has 0 radical (unpaired) electrons. The second kappa shape index (κ2) is 6.17. The van der Waals surface area contributed by atoms with Gasteiger partial charge in [-0.2, -0.15) is 5.26 Å². The molecule has 0 bridgehead atoms. The van der Waals surface area contributed by atoms with Crippen molar-refractivity contribution in [3.05, 3.63) is 22.4 Å². The summed E-state index contributed by atoms with van der Waals surface area (Å²) >= 11 is 1.37. The Morgan fingerprint density at radius 2 is 2.43 bits per heavy atom. The Kier molecular flexibility index (Phi) is 4.73. The Morgan fingerprint density at radius 1 is 1.57 bits per heavy atom. The maximum absolute atomic E-state index is 11.3. The molecular weight excluding hydrogens is 198 g/mol. The molecule has 0 N–H and O–H groups in total. The van der Waals surface area contributed by atoms with Crippen LogP contribution in [0.25, 0.3) is 0 Å². The van der Waals surface area contributed by atoms with E-state index in [1.54, 1.807) is 6.07 Å². The van der Waals surface area contributed by atoms with Gasteiger partial charge in [0.05, 0.1) is 12.7 Å². The van der Waals surface area contributed by atoms with E-state index in [9.17, 15) is 4.79 Å². The summed E-state index contributed by atoms with van der Waals surface area (Å²) in [6.07, 6.45) is 2.06. The van der Waals surface area contributed by atoms with Crippen molar-refractivity contribution in [2.24, 2.45) is 0 Å². The van der Waals surface area contributed by atoms with E-state index in [4.69, 9.17) is 10.00 Å². The average Bonchev–Trinajstić information content (AvgIpc) is 2.70. The van der Waals surface area contributed by atoms with Crippen LogP contribution in [0, 0.1) is 11.3 Å². The zero-order valence-corrected chi connectivity index (χ0v) is 8.55. The SMILES string of the molecule is N#CCCCCOC(=O)c1cccs1. The topological polar surface area (TPSA) is 50.1 Å². The highest BCUT2D eigenvalue weighted by Crippen LogP contribution is 2.10. The molecule has 0 atom stereocenters. The summed E-state index contributed by atoms with van der Waals surface area (Å²) in [4.78, 5) is 11.9. The molecule has 0 saturated heterocycles. The van der Waals surface area contributed by atoms with E-state index in [2.05, 4.69) is 0 Å². The number of unbranched alkanes of at least 4 members (excludes halogenated alkanes) is 2. The van der Waals surface area contributed by atoms with Gasteiger partial charge in [-0.15, -0.1) is 11.3 Å². The van der Waals surface area contributed by atoms with Crippen LogP contribution in [-0.4, -0.2) is 12.6 Å². The molecule has 0 spiro atoms. The fraction of sp³-hybridized carbons (Fsp3) is 0.400. The number of hydrogen-bond donors (Lipinski definition) is 0. The van der Waals surface area contributed by atoms with Gasteiger partial charge >= 0.3 is 5.97 Å². The third-order valence-corrected chi connectivity index (χ3v) is 2.49. The molecule has 0 aliphatic carbocycles. The fourth-order valence-corrected chi connectivity index (χ4v) is 1.55. The third kappa shape index (κ3) is 3.58. The molecule has 1 aromatic heterocycles. The first kappa shape index (κ1) is 10.7. The van der Waals surface area contributed by atoms with Gasteiger partial charge < -0.3 is 4.74 Å². The molecule has 1 aromatic rings. The first-order valence-electron chi connectivity index (χ1n) is 4.42. The van der Waals surface area contributed by atoms with Gasteiger partial charge in [0.25, 0.3) is 0 Å². The highest BCUT2D eigenvalue weighted by molar-refractivity contribution is 7.11. The van der Waals surface area contributed by atoms with Gasteiger partial charge in [0.2, 0.25) is 0 Å². The third-order valence-electron chi connectivity index (χ3n) is 1.64. The van der Waals surface area contributed by atoms with E-state index in [1.165, 1.54) is 11.3 Å².